The van der Waals surface area contributed by atoms with Gasteiger partial charge in [-0.1, -0.05) is 0 Å². The maximum absolute atomic E-state index is 14.7. The molecule has 1 aliphatic carbocycles. The molecule has 15 heteroatoms. The third-order valence-corrected chi connectivity index (χ3v) is 6.78. The number of carbonyl (C=O) groups is 2. The molecule has 0 unspecified atom stereocenters. The molecule has 5 rings (SSSR count). The van der Waals surface area contributed by atoms with E-state index in [0.29, 0.717) is 0 Å². The molecule has 3 aromatic rings. The Hall–Kier alpha value is -4.04. The molecule has 2 aliphatic rings. The molecule has 0 aromatic carbocycles. The van der Waals surface area contributed by atoms with Gasteiger partial charge in [-0.25, -0.2) is 23.3 Å². The summed E-state index contributed by atoms with van der Waals surface area (Å²) in [6.45, 7) is -0.354. The Morgan fingerprint density at radius 2 is 1.89 bits per heavy atom. The second kappa shape index (κ2) is 9.36. The largest absolute Gasteiger partial charge is 0.480 e. The fraction of sp³-hybridized carbons (Fsp3) is 0.435. The van der Waals surface area contributed by atoms with Crippen molar-refractivity contribution in [1.29, 1.82) is 0 Å². The van der Waals surface area contributed by atoms with Gasteiger partial charge in [-0.3, -0.25) is 9.59 Å². The van der Waals surface area contributed by atoms with Crippen LogP contribution in [-0.4, -0.2) is 74.9 Å². The van der Waals surface area contributed by atoms with E-state index >= 15 is 0 Å². The van der Waals surface area contributed by atoms with Crippen molar-refractivity contribution in [3.05, 3.63) is 35.8 Å². The Kier molecular flexibility index (Phi) is 6.31. The van der Waals surface area contributed by atoms with Gasteiger partial charge in [-0.05, 0) is 25.0 Å². The first-order chi connectivity index (χ1) is 18.0. The minimum Gasteiger partial charge on any atom is -0.480 e. The Morgan fingerprint density at radius 3 is 2.55 bits per heavy atom. The van der Waals surface area contributed by atoms with E-state index in [9.17, 15) is 31.5 Å². The van der Waals surface area contributed by atoms with Crippen molar-refractivity contribution in [2.24, 2.45) is 5.92 Å². The van der Waals surface area contributed by atoms with E-state index in [1.54, 1.807) is 0 Å². The molecule has 202 valence electrons. The van der Waals surface area contributed by atoms with Gasteiger partial charge in [0.1, 0.15) is 29.8 Å². The number of nitrogens with two attached hydrogens (primary N) is 1. The number of methoxy groups -OCH3 is 1. The fourth-order valence-electron chi connectivity index (χ4n) is 4.74. The molecule has 1 saturated carbocycles. The van der Waals surface area contributed by atoms with E-state index in [1.807, 2.05) is 0 Å². The number of hydrogen-bond acceptors (Lipinski definition) is 7. The van der Waals surface area contributed by atoms with Gasteiger partial charge in [0.2, 0.25) is 11.8 Å². The SMILES string of the molecule is COc1ncc(-c2cc(C(F)(F)F)c3c(N)ncnn23)cc1C(=O)N[C@@H]1CN(C(=O)C2CC(F)C2)C[C@@H]1F. The number of nitrogens with one attached hydrogen (secondary N) is 1. The number of amides is 2. The average Bonchev–Trinajstić information content (AvgIpc) is 3.43. The van der Waals surface area contributed by atoms with Crippen LogP contribution in [0.25, 0.3) is 16.8 Å². The maximum Gasteiger partial charge on any atom is 0.418 e. The van der Waals surface area contributed by atoms with Crippen molar-refractivity contribution in [1.82, 2.24) is 29.8 Å². The summed E-state index contributed by atoms with van der Waals surface area (Å²) in [5.74, 6) is -2.21. The lowest BCUT2D eigenvalue weighted by Crippen LogP contribution is -2.44. The zero-order valence-corrected chi connectivity index (χ0v) is 19.9. The second-order valence-corrected chi connectivity index (χ2v) is 9.23. The number of rotatable bonds is 5. The second-order valence-electron chi connectivity index (χ2n) is 9.23. The monoisotopic (exact) mass is 539 g/mol. The first kappa shape index (κ1) is 25.6. The Morgan fingerprint density at radius 1 is 1.16 bits per heavy atom. The number of fused-ring (bicyclic) bond motifs is 1. The molecule has 4 heterocycles. The number of nitrogens with zero attached hydrogens (tertiary/aromatic N) is 5. The van der Waals surface area contributed by atoms with Crippen LogP contribution >= 0.6 is 0 Å². The number of anilines is 1. The topological polar surface area (TPSA) is 128 Å². The summed E-state index contributed by atoms with van der Waals surface area (Å²) in [4.78, 5) is 34.5. The van der Waals surface area contributed by atoms with Crippen LogP contribution < -0.4 is 15.8 Å². The predicted octanol–water partition coefficient (Wildman–Crippen LogP) is 2.43. The molecule has 38 heavy (non-hydrogen) atoms. The van der Waals surface area contributed by atoms with E-state index < -0.39 is 53.3 Å². The van der Waals surface area contributed by atoms with Gasteiger partial charge in [0, 0.05) is 24.2 Å². The van der Waals surface area contributed by atoms with Crippen LogP contribution in [0.15, 0.2) is 24.7 Å². The Labute approximate surface area is 212 Å². The molecule has 2 fully saturated rings. The van der Waals surface area contributed by atoms with E-state index in [0.717, 1.165) is 16.9 Å². The molecule has 2 amide bonds. The molecule has 0 radical (unpaired) electrons. The lowest BCUT2D eigenvalue weighted by atomic mass is 9.82. The number of likely N-dealkylation sites (tertiary alicyclic amines) is 1. The first-order valence-electron chi connectivity index (χ1n) is 11.6. The van der Waals surface area contributed by atoms with Crippen molar-refractivity contribution in [3.8, 4) is 17.1 Å². The predicted molar refractivity (Wildman–Crippen MR) is 123 cm³/mol. The Bertz CT molecular complexity index is 1410. The van der Waals surface area contributed by atoms with Crippen LogP contribution in [0.5, 0.6) is 5.88 Å². The minimum atomic E-state index is -4.77. The smallest absolute Gasteiger partial charge is 0.418 e. The highest BCUT2D eigenvalue weighted by Crippen LogP contribution is 2.39. The number of ether oxygens (including phenoxy) is 1. The lowest BCUT2D eigenvalue weighted by Gasteiger charge is -2.31. The summed E-state index contributed by atoms with van der Waals surface area (Å²) in [6.07, 6.45) is -5.00. The number of alkyl halides is 5. The van der Waals surface area contributed by atoms with Gasteiger partial charge in [0.05, 0.1) is 31.0 Å². The number of aromatic nitrogens is 4. The molecule has 0 spiro atoms. The molecule has 2 atom stereocenters. The highest BCUT2D eigenvalue weighted by atomic mass is 19.4. The number of halogens is 5. The average molecular weight is 539 g/mol. The van der Waals surface area contributed by atoms with Crippen LogP contribution in [-0.2, 0) is 11.0 Å². The fourth-order valence-corrected chi connectivity index (χ4v) is 4.74. The van der Waals surface area contributed by atoms with Crippen LogP contribution in [0.4, 0.5) is 27.8 Å². The minimum absolute atomic E-state index is 0.0710. The zero-order chi connectivity index (χ0) is 27.4. The van der Waals surface area contributed by atoms with Gasteiger partial charge in [0.15, 0.2) is 5.82 Å². The quantitative estimate of drug-likeness (QED) is 0.477. The number of nitrogen functional groups attached to an aromatic ring is 1. The molecule has 1 aliphatic heterocycles. The van der Waals surface area contributed by atoms with Gasteiger partial charge < -0.3 is 20.7 Å². The van der Waals surface area contributed by atoms with Gasteiger partial charge >= 0.3 is 6.18 Å². The standard InChI is InChI=1S/C23H22F5N7O3/c1-38-21-13(20(36)33-16-8-34(7-15(16)25)22(37)10-2-12(24)3-10)4-11(6-30-21)17-5-14(23(26,27)28)18-19(29)31-9-32-35(17)18/h4-6,9-10,12,15-16H,2-3,7-8H2,1H3,(H,33,36)(H2,29,31,32)/t10?,12?,15-,16+/m0/s1. The van der Waals surface area contributed by atoms with Gasteiger partial charge in [-0.15, -0.1) is 0 Å². The molecule has 10 nitrogen and oxygen atoms in total. The summed E-state index contributed by atoms with van der Waals surface area (Å²) in [5, 5.41) is 6.38. The van der Waals surface area contributed by atoms with Crippen molar-refractivity contribution in [2.75, 3.05) is 25.9 Å². The van der Waals surface area contributed by atoms with E-state index in [-0.39, 0.29) is 54.5 Å². The summed E-state index contributed by atoms with van der Waals surface area (Å²) < 4.78 is 75.0. The highest BCUT2D eigenvalue weighted by molar-refractivity contribution is 5.98. The first-order valence-corrected chi connectivity index (χ1v) is 11.6. The van der Waals surface area contributed by atoms with Crippen molar-refractivity contribution in [3.63, 3.8) is 0 Å². The maximum atomic E-state index is 14.7. The third-order valence-electron chi connectivity index (χ3n) is 6.78. The van der Waals surface area contributed by atoms with E-state index in [1.165, 1.54) is 24.3 Å². The van der Waals surface area contributed by atoms with Crippen molar-refractivity contribution in [2.45, 2.75) is 37.4 Å². The Balaban J connectivity index is 1.43. The summed E-state index contributed by atoms with van der Waals surface area (Å²) >= 11 is 0. The van der Waals surface area contributed by atoms with Crippen LogP contribution in [0.2, 0.25) is 0 Å². The lowest BCUT2D eigenvalue weighted by molar-refractivity contribution is -0.139. The summed E-state index contributed by atoms with van der Waals surface area (Å²) in [6, 6.07) is 0.994. The van der Waals surface area contributed by atoms with E-state index in [4.69, 9.17) is 10.5 Å². The third kappa shape index (κ3) is 4.45. The molecule has 1 saturated heterocycles. The zero-order valence-electron chi connectivity index (χ0n) is 19.9. The number of pyridine rings is 1. The van der Waals surface area contributed by atoms with Crippen molar-refractivity contribution >= 4 is 23.1 Å². The molecular formula is C23H22F5N7O3. The van der Waals surface area contributed by atoms with Crippen molar-refractivity contribution < 1.29 is 36.3 Å². The summed E-state index contributed by atoms with van der Waals surface area (Å²) in [7, 11) is 1.24. The summed E-state index contributed by atoms with van der Waals surface area (Å²) in [5.41, 5.74) is 3.98. The van der Waals surface area contributed by atoms with Crippen LogP contribution in [0.3, 0.4) is 0 Å². The number of carbonyl (C=O) groups excluding carboxylic acids is 2. The van der Waals surface area contributed by atoms with E-state index in [2.05, 4.69) is 20.4 Å². The number of hydrogen-bond donors (Lipinski definition) is 2. The van der Waals surface area contributed by atoms with Gasteiger partial charge in [-0.2, -0.15) is 18.3 Å². The molecular weight excluding hydrogens is 517 g/mol. The molecule has 3 N–H and O–H groups in total. The van der Waals surface area contributed by atoms with Crippen LogP contribution in [0, 0.1) is 5.92 Å². The van der Waals surface area contributed by atoms with Crippen LogP contribution in [0.1, 0.15) is 28.8 Å². The highest BCUT2D eigenvalue weighted by Gasteiger charge is 2.43. The van der Waals surface area contributed by atoms with Gasteiger partial charge in [0.25, 0.3) is 5.91 Å². The molecule has 0 bridgehead atoms. The molecule has 3 aromatic heterocycles. The normalized spacial score (nSPS) is 23.4.